The molecule has 1 amide bonds. The van der Waals surface area contributed by atoms with E-state index in [0.717, 1.165) is 54.2 Å². The van der Waals surface area contributed by atoms with Gasteiger partial charge in [-0.15, -0.1) is 0 Å². The van der Waals surface area contributed by atoms with Gasteiger partial charge < -0.3 is 15.0 Å². The number of benzene rings is 2. The van der Waals surface area contributed by atoms with Crippen LogP contribution >= 0.6 is 11.6 Å². The largest absolute Gasteiger partial charge is 0.497 e. The molecule has 1 saturated heterocycles. The highest BCUT2D eigenvalue weighted by Crippen LogP contribution is 2.28. The Morgan fingerprint density at radius 1 is 1.25 bits per heavy atom. The maximum Gasteiger partial charge on any atom is 0.238 e. The number of likely N-dealkylation sites (tertiary alicyclic amines) is 1. The summed E-state index contributed by atoms with van der Waals surface area (Å²) in [5.74, 6) is 2.17. The lowest BCUT2D eigenvalue weighted by Gasteiger charge is -2.30. The second-order valence-electron chi connectivity index (χ2n) is 7.11. The Morgan fingerprint density at radius 3 is 2.71 bits per heavy atom. The van der Waals surface area contributed by atoms with Gasteiger partial charge in [-0.05, 0) is 68.4 Å². The van der Waals surface area contributed by atoms with Crippen molar-refractivity contribution in [2.75, 3.05) is 32.1 Å². The maximum absolute atomic E-state index is 12.3. The number of methoxy groups -OCH3 is 1. The van der Waals surface area contributed by atoms with E-state index in [-0.39, 0.29) is 5.91 Å². The van der Waals surface area contributed by atoms with Gasteiger partial charge in [0.25, 0.3) is 0 Å². The van der Waals surface area contributed by atoms with Gasteiger partial charge in [-0.1, -0.05) is 11.6 Å². The van der Waals surface area contributed by atoms with Crippen molar-refractivity contribution in [3.63, 3.8) is 0 Å². The molecular weight excluding hydrogens is 376 g/mol. The molecule has 1 aliphatic rings. The molecule has 1 fully saturated rings. The summed E-state index contributed by atoms with van der Waals surface area (Å²) in [6, 6.07) is 13.1. The zero-order chi connectivity index (χ0) is 19.5. The number of fused-ring (bicyclic) bond motifs is 1. The Labute approximate surface area is 168 Å². The number of aromatic nitrogens is 2. The van der Waals surface area contributed by atoms with E-state index in [9.17, 15) is 4.79 Å². The van der Waals surface area contributed by atoms with Gasteiger partial charge in [-0.25, -0.2) is 4.98 Å². The van der Waals surface area contributed by atoms with Crippen LogP contribution in [0.5, 0.6) is 5.75 Å². The smallest absolute Gasteiger partial charge is 0.238 e. The highest BCUT2D eigenvalue weighted by molar-refractivity contribution is 6.31. The van der Waals surface area contributed by atoms with Gasteiger partial charge in [-0.3, -0.25) is 9.69 Å². The molecule has 2 aromatic carbocycles. The number of ether oxygens (including phenoxy) is 1. The molecule has 0 saturated carbocycles. The number of amides is 1. The molecule has 0 spiro atoms. The average molecular weight is 399 g/mol. The van der Waals surface area contributed by atoms with Crippen LogP contribution in [0.3, 0.4) is 0 Å². The molecule has 2 heterocycles. The first-order valence-corrected chi connectivity index (χ1v) is 9.80. The van der Waals surface area contributed by atoms with Gasteiger partial charge in [-0.2, -0.15) is 0 Å². The summed E-state index contributed by atoms with van der Waals surface area (Å²) in [7, 11) is 1.62. The van der Waals surface area contributed by atoms with Crippen LogP contribution < -0.4 is 10.1 Å². The van der Waals surface area contributed by atoms with E-state index in [4.69, 9.17) is 21.3 Å². The number of halogens is 1. The van der Waals surface area contributed by atoms with E-state index >= 15 is 0 Å². The number of H-pyrrole nitrogens is 1. The third kappa shape index (κ3) is 4.29. The van der Waals surface area contributed by atoms with Crippen LogP contribution in [0.15, 0.2) is 42.5 Å². The Kier molecular flexibility index (Phi) is 5.50. The molecule has 1 aromatic heterocycles. The quantitative estimate of drug-likeness (QED) is 0.680. The zero-order valence-electron chi connectivity index (χ0n) is 15.7. The lowest BCUT2D eigenvalue weighted by Crippen LogP contribution is -2.38. The van der Waals surface area contributed by atoms with Crippen molar-refractivity contribution in [3.05, 3.63) is 53.3 Å². The van der Waals surface area contributed by atoms with Gasteiger partial charge in [0.2, 0.25) is 5.91 Å². The van der Waals surface area contributed by atoms with E-state index in [2.05, 4.69) is 15.2 Å². The van der Waals surface area contributed by atoms with Gasteiger partial charge in [0.05, 0.1) is 24.7 Å². The molecule has 0 bridgehead atoms. The Bertz CT molecular complexity index is 962. The lowest BCUT2D eigenvalue weighted by atomic mass is 9.96. The monoisotopic (exact) mass is 398 g/mol. The van der Waals surface area contributed by atoms with E-state index in [1.807, 2.05) is 42.5 Å². The molecule has 1 aliphatic heterocycles. The summed E-state index contributed by atoms with van der Waals surface area (Å²) in [5, 5.41) is 3.65. The third-order valence-corrected chi connectivity index (χ3v) is 5.41. The van der Waals surface area contributed by atoms with E-state index in [1.54, 1.807) is 7.11 Å². The van der Waals surface area contributed by atoms with Crippen molar-refractivity contribution >= 4 is 34.2 Å². The normalized spacial score (nSPS) is 15.6. The van der Waals surface area contributed by atoms with E-state index in [1.165, 1.54) is 0 Å². The second kappa shape index (κ2) is 8.20. The average Bonchev–Trinajstić information content (AvgIpc) is 3.12. The van der Waals surface area contributed by atoms with E-state index < -0.39 is 0 Å². The SMILES string of the molecule is COc1ccc(NC(=O)CN2CCC(c3nc4ccc(Cl)cc4[nH]3)CC2)cc1. The fourth-order valence-electron chi connectivity index (χ4n) is 3.64. The Morgan fingerprint density at radius 2 is 2.00 bits per heavy atom. The zero-order valence-corrected chi connectivity index (χ0v) is 16.5. The van der Waals surface area contributed by atoms with Crippen LogP contribution in [0.4, 0.5) is 5.69 Å². The standard InChI is InChI=1S/C21H23ClN4O2/c1-28-17-5-3-16(4-6-17)23-20(27)13-26-10-8-14(9-11-26)21-24-18-7-2-15(22)12-19(18)25-21/h2-7,12,14H,8-11,13H2,1H3,(H,23,27)(H,24,25). The van der Waals surface area contributed by atoms with Crippen molar-refractivity contribution in [2.24, 2.45) is 0 Å². The topological polar surface area (TPSA) is 70.2 Å². The number of imidazole rings is 1. The second-order valence-corrected chi connectivity index (χ2v) is 7.55. The van der Waals surface area contributed by atoms with Crippen molar-refractivity contribution < 1.29 is 9.53 Å². The summed E-state index contributed by atoms with van der Waals surface area (Å²) in [5.41, 5.74) is 2.70. The first kappa shape index (κ1) is 18.8. The fraction of sp³-hybridized carbons (Fsp3) is 0.333. The van der Waals surface area contributed by atoms with Crippen LogP contribution in [0.2, 0.25) is 5.02 Å². The molecule has 146 valence electrons. The van der Waals surface area contributed by atoms with Gasteiger partial charge in [0, 0.05) is 16.6 Å². The molecule has 7 heteroatoms. The van der Waals surface area contributed by atoms with Gasteiger partial charge in [0.1, 0.15) is 11.6 Å². The molecule has 3 aromatic rings. The number of carbonyl (C=O) groups is 1. The molecule has 0 unspecified atom stereocenters. The van der Waals surface area contributed by atoms with Gasteiger partial charge in [0.15, 0.2) is 0 Å². The number of hydrogen-bond donors (Lipinski definition) is 2. The summed E-state index contributed by atoms with van der Waals surface area (Å²) in [4.78, 5) is 22.6. The molecule has 4 rings (SSSR count). The fourth-order valence-corrected chi connectivity index (χ4v) is 3.81. The molecule has 2 N–H and O–H groups in total. The summed E-state index contributed by atoms with van der Waals surface area (Å²) in [6.07, 6.45) is 1.95. The summed E-state index contributed by atoms with van der Waals surface area (Å²) in [6.45, 7) is 2.14. The molecule has 0 atom stereocenters. The van der Waals surface area contributed by atoms with Crippen LogP contribution in [0, 0.1) is 0 Å². The van der Waals surface area contributed by atoms with Crippen molar-refractivity contribution in [1.82, 2.24) is 14.9 Å². The molecule has 6 nitrogen and oxygen atoms in total. The predicted molar refractivity (Wildman–Crippen MR) is 111 cm³/mol. The molecular formula is C21H23ClN4O2. The van der Waals surface area contributed by atoms with E-state index in [0.29, 0.717) is 17.5 Å². The van der Waals surface area contributed by atoms with Gasteiger partial charge >= 0.3 is 0 Å². The molecule has 0 aliphatic carbocycles. The highest BCUT2D eigenvalue weighted by Gasteiger charge is 2.24. The first-order valence-electron chi connectivity index (χ1n) is 9.42. The van der Waals surface area contributed by atoms with Crippen molar-refractivity contribution in [3.8, 4) is 5.75 Å². The minimum atomic E-state index is 0.00185. The molecule has 28 heavy (non-hydrogen) atoms. The van der Waals surface area contributed by atoms with Crippen molar-refractivity contribution in [1.29, 1.82) is 0 Å². The van der Waals surface area contributed by atoms with Crippen LogP contribution in [0.25, 0.3) is 11.0 Å². The predicted octanol–water partition coefficient (Wildman–Crippen LogP) is 4.04. The summed E-state index contributed by atoms with van der Waals surface area (Å²) >= 11 is 6.06. The molecule has 0 radical (unpaired) electrons. The number of piperidine rings is 1. The minimum Gasteiger partial charge on any atom is -0.497 e. The number of nitrogens with one attached hydrogen (secondary N) is 2. The number of hydrogen-bond acceptors (Lipinski definition) is 4. The van der Waals surface area contributed by atoms with Crippen LogP contribution in [0.1, 0.15) is 24.6 Å². The minimum absolute atomic E-state index is 0.00185. The number of rotatable bonds is 5. The van der Waals surface area contributed by atoms with Crippen molar-refractivity contribution in [2.45, 2.75) is 18.8 Å². The summed E-state index contributed by atoms with van der Waals surface area (Å²) < 4.78 is 5.13. The number of nitrogens with zero attached hydrogens (tertiary/aromatic N) is 2. The van der Waals surface area contributed by atoms with Crippen LogP contribution in [-0.2, 0) is 4.79 Å². The number of aromatic amines is 1. The maximum atomic E-state index is 12.3. The Balaban J connectivity index is 1.30. The highest BCUT2D eigenvalue weighted by atomic mass is 35.5. The third-order valence-electron chi connectivity index (χ3n) is 5.18. The number of carbonyl (C=O) groups excluding carboxylic acids is 1. The first-order chi connectivity index (χ1) is 13.6. The van der Waals surface area contributed by atoms with Crippen LogP contribution in [-0.4, -0.2) is 47.5 Å². The lowest BCUT2D eigenvalue weighted by molar-refractivity contribution is -0.117. The Hall–Kier alpha value is -2.57. The number of anilines is 1.